The molecule has 1 heterocycles. The summed E-state index contributed by atoms with van der Waals surface area (Å²) in [4.78, 5) is 23.7. The lowest BCUT2D eigenvalue weighted by Gasteiger charge is -2.12. The number of nitrogens with one attached hydrogen (secondary N) is 1. The van der Waals surface area contributed by atoms with Crippen molar-refractivity contribution in [3.63, 3.8) is 0 Å². The summed E-state index contributed by atoms with van der Waals surface area (Å²) in [5.41, 5.74) is 3.78. The normalized spacial score (nSPS) is 12.8. The van der Waals surface area contributed by atoms with E-state index in [4.69, 9.17) is 4.42 Å². The van der Waals surface area contributed by atoms with Crippen LogP contribution < -0.4 is 10.9 Å². The average Bonchev–Trinajstić information content (AvgIpc) is 2.61. The van der Waals surface area contributed by atoms with Gasteiger partial charge in [-0.25, -0.2) is 4.79 Å². The minimum Gasteiger partial charge on any atom is -0.423 e. The number of amides is 1. The van der Waals surface area contributed by atoms with Crippen LogP contribution in [0.4, 0.5) is 5.69 Å². The second kappa shape index (κ2) is 5.81. The van der Waals surface area contributed by atoms with Crippen molar-refractivity contribution in [2.45, 2.75) is 12.8 Å². The van der Waals surface area contributed by atoms with Gasteiger partial charge in [-0.2, -0.15) is 0 Å². The van der Waals surface area contributed by atoms with E-state index in [0.29, 0.717) is 16.8 Å². The van der Waals surface area contributed by atoms with Gasteiger partial charge in [0.05, 0.1) is 0 Å². The highest BCUT2D eigenvalue weighted by atomic mass is 16.4. The average molecular weight is 317 g/mol. The Morgan fingerprint density at radius 1 is 1.04 bits per heavy atom. The van der Waals surface area contributed by atoms with Crippen LogP contribution >= 0.6 is 0 Å². The third-order valence-corrected chi connectivity index (χ3v) is 4.16. The first-order valence-corrected chi connectivity index (χ1v) is 7.84. The van der Waals surface area contributed by atoms with E-state index >= 15 is 0 Å². The van der Waals surface area contributed by atoms with Crippen molar-refractivity contribution < 1.29 is 9.21 Å². The molecule has 4 rings (SSSR count). The van der Waals surface area contributed by atoms with Crippen molar-refractivity contribution in [3.05, 3.63) is 81.7 Å². The third kappa shape index (κ3) is 2.74. The Morgan fingerprint density at radius 2 is 1.96 bits per heavy atom. The topological polar surface area (TPSA) is 59.3 Å². The molecule has 0 fully saturated rings. The van der Waals surface area contributed by atoms with Gasteiger partial charge < -0.3 is 9.73 Å². The third-order valence-electron chi connectivity index (χ3n) is 4.16. The molecule has 1 amide bonds. The molecular formula is C20H15NO3. The van der Waals surface area contributed by atoms with Crippen molar-refractivity contribution in [1.82, 2.24) is 0 Å². The van der Waals surface area contributed by atoms with Crippen molar-refractivity contribution in [3.8, 4) is 0 Å². The Hall–Kier alpha value is -3.14. The lowest BCUT2D eigenvalue weighted by Crippen LogP contribution is -2.12. The molecule has 118 valence electrons. The summed E-state index contributed by atoms with van der Waals surface area (Å²) in [7, 11) is 0. The number of rotatable bonds is 2. The van der Waals surface area contributed by atoms with Crippen LogP contribution in [0.25, 0.3) is 17.0 Å². The number of carbonyl (C=O) groups excluding carboxylic acids is 1. The van der Waals surface area contributed by atoms with Crippen molar-refractivity contribution >= 4 is 28.6 Å². The second-order valence-electron chi connectivity index (χ2n) is 5.82. The van der Waals surface area contributed by atoms with Crippen LogP contribution in [0.2, 0.25) is 0 Å². The van der Waals surface area contributed by atoms with Crippen LogP contribution in [0.5, 0.6) is 0 Å². The number of hydrogen-bond donors (Lipinski definition) is 1. The van der Waals surface area contributed by atoms with Crippen molar-refractivity contribution in [2.75, 3.05) is 5.32 Å². The smallest absolute Gasteiger partial charge is 0.336 e. The van der Waals surface area contributed by atoms with Crippen LogP contribution in [0.15, 0.2) is 63.8 Å². The molecule has 1 N–H and O–H groups in total. The fourth-order valence-electron chi connectivity index (χ4n) is 2.92. The van der Waals surface area contributed by atoms with Gasteiger partial charge in [-0.1, -0.05) is 18.2 Å². The summed E-state index contributed by atoms with van der Waals surface area (Å²) < 4.78 is 5.09. The van der Waals surface area contributed by atoms with E-state index in [9.17, 15) is 9.59 Å². The molecule has 3 aromatic rings. The van der Waals surface area contributed by atoms with Gasteiger partial charge >= 0.3 is 5.63 Å². The van der Waals surface area contributed by atoms with E-state index in [1.807, 2.05) is 18.2 Å². The lowest BCUT2D eigenvalue weighted by atomic mass is 9.95. The molecular weight excluding hydrogens is 302 g/mol. The summed E-state index contributed by atoms with van der Waals surface area (Å²) >= 11 is 0. The quantitative estimate of drug-likeness (QED) is 0.727. The van der Waals surface area contributed by atoms with Crippen LogP contribution in [0.1, 0.15) is 27.9 Å². The van der Waals surface area contributed by atoms with Crippen LogP contribution in [-0.2, 0) is 6.42 Å². The van der Waals surface area contributed by atoms with E-state index in [1.165, 1.54) is 11.6 Å². The van der Waals surface area contributed by atoms with E-state index in [1.54, 1.807) is 24.3 Å². The molecule has 24 heavy (non-hydrogen) atoms. The maximum atomic E-state index is 12.5. The molecule has 0 unspecified atom stereocenters. The SMILES string of the molecule is O=C(Nc1ccc2oc(=O)ccc2c1)c1ccc2c(c1)C=CCC2. The molecule has 0 bridgehead atoms. The Balaban J connectivity index is 1.61. The number of allylic oxidation sites excluding steroid dienone is 1. The molecule has 2 aromatic carbocycles. The minimum atomic E-state index is -0.388. The summed E-state index contributed by atoms with van der Waals surface area (Å²) in [6.45, 7) is 0. The number of hydrogen-bond acceptors (Lipinski definition) is 3. The lowest BCUT2D eigenvalue weighted by molar-refractivity contribution is 0.102. The van der Waals surface area contributed by atoms with E-state index in [-0.39, 0.29) is 11.5 Å². The highest BCUT2D eigenvalue weighted by Gasteiger charge is 2.11. The first-order valence-electron chi connectivity index (χ1n) is 7.84. The van der Waals surface area contributed by atoms with E-state index in [2.05, 4.69) is 17.5 Å². The van der Waals surface area contributed by atoms with Crippen LogP contribution in [0.3, 0.4) is 0 Å². The number of fused-ring (bicyclic) bond motifs is 2. The Kier molecular flexibility index (Phi) is 3.50. The molecule has 0 saturated carbocycles. The largest absolute Gasteiger partial charge is 0.423 e. The molecule has 1 aliphatic carbocycles. The molecule has 4 nitrogen and oxygen atoms in total. The zero-order valence-electron chi connectivity index (χ0n) is 12.9. The monoisotopic (exact) mass is 317 g/mol. The van der Waals surface area contributed by atoms with Gasteiger partial charge in [0.1, 0.15) is 5.58 Å². The molecule has 4 heteroatoms. The molecule has 1 aromatic heterocycles. The number of aryl methyl sites for hydroxylation is 1. The van der Waals surface area contributed by atoms with Gasteiger partial charge in [-0.05, 0) is 60.4 Å². The molecule has 0 saturated heterocycles. The van der Waals surface area contributed by atoms with Crippen molar-refractivity contribution in [1.29, 1.82) is 0 Å². The Bertz CT molecular complexity index is 1030. The zero-order chi connectivity index (χ0) is 16.5. The zero-order valence-corrected chi connectivity index (χ0v) is 12.9. The maximum absolute atomic E-state index is 12.5. The van der Waals surface area contributed by atoms with Gasteiger partial charge in [0.15, 0.2) is 0 Å². The summed E-state index contributed by atoms with van der Waals surface area (Å²) in [5.74, 6) is -0.159. The molecule has 0 atom stereocenters. The van der Waals surface area contributed by atoms with Gasteiger partial charge in [-0.15, -0.1) is 0 Å². The second-order valence-corrected chi connectivity index (χ2v) is 5.82. The number of carbonyl (C=O) groups is 1. The number of anilines is 1. The Labute approximate surface area is 138 Å². The standard InChI is InChI=1S/C20H15NO3/c22-19-10-7-15-12-17(8-9-18(15)24-19)21-20(23)16-6-5-13-3-1-2-4-14(13)11-16/h2,4-12H,1,3H2,(H,21,23). The summed E-state index contributed by atoms with van der Waals surface area (Å²) in [6.07, 6.45) is 6.25. The summed E-state index contributed by atoms with van der Waals surface area (Å²) in [6, 6.07) is 14.0. The summed E-state index contributed by atoms with van der Waals surface area (Å²) in [5, 5.41) is 3.65. The number of benzene rings is 2. The fraction of sp³-hybridized carbons (Fsp3) is 0.100. The highest BCUT2D eigenvalue weighted by molar-refractivity contribution is 6.05. The van der Waals surface area contributed by atoms with Crippen LogP contribution in [0, 0.1) is 0 Å². The van der Waals surface area contributed by atoms with Gasteiger partial charge in [0.25, 0.3) is 5.91 Å². The fourth-order valence-corrected chi connectivity index (χ4v) is 2.92. The molecule has 0 radical (unpaired) electrons. The maximum Gasteiger partial charge on any atom is 0.336 e. The van der Waals surface area contributed by atoms with Crippen LogP contribution in [-0.4, -0.2) is 5.91 Å². The first kappa shape index (κ1) is 14.5. The van der Waals surface area contributed by atoms with Gasteiger partial charge in [0.2, 0.25) is 0 Å². The highest BCUT2D eigenvalue weighted by Crippen LogP contribution is 2.22. The molecule has 1 aliphatic rings. The van der Waals surface area contributed by atoms with E-state index in [0.717, 1.165) is 23.8 Å². The van der Waals surface area contributed by atoms with Crippen molar-refractivity contribution in [2.24, 2.45) is 0 Å². The molecule has 0 spiro atoms. The first-order chi connectivity index (χ1) is 11.7. The predicted octanol–water partition coefficient (Wildman–Crippen LogP) is 4.00. The van der Waals surface area contributed by atoms with E-state index < -0.39 is 0 Å². The Morgan fingerprint density at radius 3 is 2.88 bits per heavy atom. The van der Waals surface area contributed by atoms with Gasteiger partial charge in [0, 0.05) is 22.7 Å². The van der Waals surface area contributed by atoms with Gasteiger partial charge in [-0.3, -0.25) is 4.79 Å². The predicted molar refractivity (Wildman–Crippen MR) is 94.2 cm³/mol. The molecule has 0 aliphatic heterocycles. The minimum absolute atomic E-state index is 0.159.